The van der Waals surface area contributed by atoms with Crippen molar-refractivity contribution in [3.8, 4) is 39.1 Å². The first-order valence-corrected chi connectivity index (χ1v) is 20.8. The van der Waals surface area contributed by atoms with Gasteiger partial charge < -0.3 is 13.9 Å². The molecule has 0 spiro atoms. The summed E-state index contributed by atoms with van der Waals surface area (Å²) in [6, 6.07) is 82.8. The number of rotatable bonds is 7. The van der Waals surface area contributed by atoms with E-state index in [2.05, 4.69) is 240 Å². The minimum atomic E-state index is 0.887. The smallest absolute Gasteiger partial charge is 0.143 e. The van der Waals surface area contributed by atoms with Gasteiger partial charge in [-0.15, -0.1) is 0 Å². The molecule has 0 N–H and O–H groups in total. The molecule has 0 aliphatic rings. The van der Waals surface area contributed by atoms with E-state index in [1.807, 2.05) is 0 Å². The highest BCUT2D eigenvalue weighted by Gasteiger charge is 2.22. The van der Waals surface area contributed by atoms with E-state index >= 15 is 0 Å². The second kappa shape index (κ2) is 14.3. The molecule has 0 saturated carbocycles. The molecule has 12 aromatic rings. The van der Waals surface area contributed by atoms with Gasteiger partial charge in [0, 0.05) is 55.0 Å². The molecule has 61 heavy (non-hydrogen) atoms. The van der Waals surface area contributed by atoms with Gasteiger partial charge in [0.25, 0.3) is 0 Å². The fourth-order valence-corrected chi connectivity index (χ4v) is 9.38. The Kier molecular flexibility index (Phi) is 8.17. The lowest BCUT2D eigenvalue weighted by Gasteiger charge is -2.28. The lowest BCUT2D eigenvalue weighted by atomic mass is 9.98. The predicted molar refractivity (Wildman–Crippen MR) is 257 cm³/mol. The van der Waals surface area contributed by atoms with Crippen molar-refractivity contribution in [2.75, 3.05) is 4.90 Å². The van der Waals surface area contributed by atoms with Crippen molar-refractivity contribution >= 4 is 71.6 Å². The molecule has 0 atom stereocenters. The van der Waals surface area contributed by atoms with Crippen LogP contribution < -0.4 is 4.90 Å². The zero-order chi connectivity index (χ0) is 40.3. The van der Waals surface area contributed by atoms with E-state index in [9.17, 15) is 0 Å². The molecule has 0 radical (unpaired) electrons. The molecule has 0 fully saturated rings. The van der Waals surface area contributed by atoms with Gasteiger partial charge in [0.2, 0.25) is 0 Å². The van der Waals surface area contributed by atoms with Gasteiger partial charge in [-0.05, 0) is 76.7 Å². The van der Waals surface area contributed by atoms with Crippen LogP contribution in [-0.2, 0) is 0 Å². The summed E-state index contributed by atoms with van der Waals surface area (Å²) >= 11 is 0. The maximum absolute atomic E-state index is 6.90. The van der Waals surface area contributed by atoms with Gasteiger partial charge in [-0.3, -0.25) is 0 Å². The van der Waals surface area contributed by atoms with Gasteiger partial charge in [0.05, 0.1) is 22.4 Å². The van der Waals surface area contributed by atoms with Crippen LogP contribution >= 0.6 is 0 Å². The average molecular weight is 779 g/mol. The standard InChI is InChI=1S/C58H38N2O/c1-2-15-39(16-3-1)40-29-34-43(35-30-40)59(54-26-11-9-22-49(54)50-23-14-24-51-52-38-33-41-17-4-5-19-46(41)57(52)61-58(50)51)44-36-31-42(32-37-44)45-18-6-10-25-53(45)60-55-27-12-7-20-47(55)48-21-8-13-28-56(48)60/h1-38H. The highest BCUT2D eigenvalue weighted by molar-refractivity contribution is 6.18. The van der Waals surface area contributed by atoms with Gasteiger partial charge in [0.1, 0.15) is 11.2 Å². The molecule has 0 amide bonds. The van der Waals surface area contributed by atoms with Crippen LogP contribution in [0.15, 0.2) is 235 Å². The van der Waals surface area contributed by atoms with E-state index in [-0.39, 0.29) is 0 Å². The minimum Gasteiger partial charge on any atom is -0.455 e. The molecule has 286 valence electrons. The summed E-state index contributed by atoms with van der Waals surface area (Å²) in [5, 5.41) is 7.03. The lowest BCUT2D eigenvalue weighted by molar-refractivity contribution is 0.674. The first kappa shape index (κ1) is 34.9. The lowest BCUT2D eigenvalue weighted by Crippen LogP contribution is -2.11. The number of aromatic nitrogens is 1. The number of benzene rings is 10. The van der Waals surface area contributed by atoms with Crippen LogP contribution in [0.3, 0.4) is 0 Å². The fraction of sp³-hybridized carbons (Fsp3) is 0. The molecule has 0 aliphatic heterocycles. The molecule has 0 saturated heterocycles. The van der Waals surface area contributed by atoms with Gasteiger partial charge in [0.15, 0.2) is 0 Å². The number of anilines is 3. The Morgan fingerprint density at radius 2 is 0.836 bits per heavy atom. The van der Waals surface area contributed by atoms with Gasteiger partial charge in [-0.25, -0.2) is 0 Å². The molecule has 0 unspecified atom stereocenters. The van der Waals surface area contributed by atoms with E-state index in [4.69, 9.17) is 4.42 Å². The highest BCUT2D eigenvalue weighted by atomic mass is 16.3. The number of para-hydroxylation sites is 5. The summed E-state index contributed by atoms with van der Waals surface area (Å²) in [5.74, 6) is 0. The molecule has 0 bridgehead atoms. The van der Waals surface area contributed by atoms with Crippen molar-refractivity contribution < 1.29 is 4.42 Å². The largest absolute Gasteiger partial charge is 0.455 e. The third-order valence-corrected chi connectivity index (χ3v) is 12.2. The number of hydrogen-bond donors (Lipinski definition) is 0. The molecule has 3 nitrogen and oxygen atoms in total. The normalized spacial score (nSPS) is 11.6. The Morgan fingerprint density at radius 1 is 0.311 bits per heavy atom. The van der Waals surface area contributed by atoms with Crippen LogP contribution in [0.2, 0.25) is 0 Å². The zero-order valence-electron chi connectivity index (χ0n) is 33.2. The first-order valence-electron chi connectivity index (χ1n) is 20.8. The molecule has 0 aliphatic carbocycles. The minimum absolute atomic E-state index is 0.887. The first-order chi connectivity index (χ1) is 30.3. The third-order valence-electron chi connectivity index (χ3n) is 12.2. The monoisotopic (exact) mass is 778 g/mol. The van der Waals surface area contributed by atoms with E-state index in [0.717, 1.165) is 66.8 Å². The topological polar surface area (TPSA) is 21.3 Å². The van der Waals surface area contributed by atoms with Crippen LogP contribution in [0.4, 0.5) is 17.1 Å². The second-order valence-corrected chi connectivity index (χ2v) is 15.6. The maximum Gasteiger partial charge on any atom is 0.143 e. The van der Waals surface area contributed by atoms with Gasteiger partial charge >= 0.3 is 0 Å². The maximum atomic E-state index is 6.90. The summed E-state index contributed by atoms with van der Waals surface area (Å²) in [6.07, 6.45) is 0. The van der Waals surface area contributed by atoms with Crippen LogP contribution in [0.1, 0.15) is 0 Å². The van der Waals surface area contributed by atoms with E-state index in [1.165, 1.54) is 43.9 Å². The Balaban J connectivity index is 1.02. The molecular formula is C58H38N2O. The van der Waals surface area contributed by atoms with Crippen molar-refractivity contribution in [1.82, 2.24) is 4.57 Å². The molecule has 2 aromatic heterocycles. The third kappa shape index (κ3) is 5.74. The van der Waals surface area contributed by atoms with E-state index in [1.54, 1.807) is 0 Å². The number of hydrogen-bond acceptors (Lipinski definition) is 2. The number of furan rings is 1. The van der Waals surface area contributed by atoms with Crippen molar-refractivity contribution in [2.45, 2.75) is 0 Å². The Hall–Kier alpha value is -8.14. The number of fused-ring (bicyclic) bond motifs is 8. The van der Waals surface area contributed by atoms with Crippen molar-refractivity contribution in [2.24, 2.45) is 0 Å². The SMILES string of the molecule is c1ccc(-c2ccc(N(c3ccc(-c4ccccc4-n4c5ccccc5c5ccccc54)cc3)c3ccccc3-c3cccc4c3oc3c5ccccc5ccc43)cc2)cc1. The predicted octanol–water partition coefficient (Wildman–Crippen LogP) is 16.3. The Bertz CT molecular complexity index is 3520. The van der Waals surface area contributed by atoms with Crippen molar-refractivity contribution in [3.05, 3.63) is 231 Å². The van der Waals surface area contributed by atoms with Crippen molar-refractivity contribution in [1.29, 1.82) is 0 Å². The summed E-state index contributed by atoms with van der Waals surface area (Å²) in [4.78, 5) is 2.38. The fourth-order valence-electron chi connectivity index (χ4n) is 9.38. The van der Waals surface area contributed by atoms with Crippen LogP contribution in [-0.4, -0.2) is 4.57 Å². The van der Waals surface area contributed by atoms with Gasteiger partial charge in [-0.2, -0.15) is 0 Å². The Labute approximate surface area is 353 Å². The van der Waals surface area contributed by atoms with Crippen LogP contribution in [0.25, 0.3) is 93.6 Å². The summed E-state index contributed by atoms with van der Waals surface area (Å²) in [7, 11) is 0. The average Bonchev–Trinajstić information content (AvgIpc) is 3.89. The second-order valence-electron chi connectivity index (χ2n) is 15.6. The summed E-state index contributed by atoms with van der Waals surface area (Å²) < 4.78 is 9.31. The zero-order valence-corrected chi connectivity index (χ0v) is 33.2. The molecular weight excluding hydrogens is 741 g/mol. The molecule has 10 aromatic carbocycles. The van der Waals surface area contributed by atoms with E-state index < -0.39 is 0 Å². The quantitative estimate of drug-likeness (QED) is 0.161. The molecule has 3 heteroatoms. The van der Waals surface area contributed by atoms with Crippen LogP contribution in [0, 0.1) is 0 Å². The van der Waals surface area contributed by atoms with Crippen LogP contribution in [0.5, 0.6) is 0 Å². The molecule has 2 heterocycles. The molecule has 12 rings (SSSR count). The summed E-state index contributed by atoms with van der Waals surface area (Å²) in [6.45, 7) is 0. The number of nitrogens with zero attached hydrogens (tertiary/aromatic N) is 2. The van der Waals surface area contributed by atoms with E-state index in [0.29, 0.717) is 0 Å². The summed E-state index contributed by atoms with van der Waals surface area (Å²) in [5.41, 5.74) is 15.4. The Morgan fingerprint density at radius 3 is 1.57 bits per heavy atom. The van der Waals surface area contributed by atoms with Gasteiger partial charge in [-0.1, -0.05) is 176 Å². The highest BCUT2D eigenvalue weighted by Crippen LogP contribution is 2.46. The van der Waals surface area contributed by atoms with Crippen molar-refractivity contribution in [3.63, 3.8) is 0 Å².